The molecule has 4 fully saturated rings. The number of rotatable bonds is 7. The van der Waals surface area contributed by atoms with Gasteiger partial charge in [-0.1, -0.05) is 39.5 Å². The van der Waals surface area contributed by atoms with Gasteiger partial charge < -0.3 is 39.0 Å². The molecule has 0 saturated carbocycles. The van der Waals surface area contributed by atoms with Crippen molar-refractivity contribution in [2.45, 2.75) is 134 Å². The Morgan fingerprint density at radius 3 is 2.42 bits per heavy atom. The summed E-state index contributed by atoms with van der Waals surface area (Å²) in [5.41, 5.74) is -7.56. The van der Waals surface area contributed by atoms with Crippen LogP contribution < -0.4 is 5.32 Å². The third-order valence-electron chi connectivity index (χ3n) is 12.8. The molecule has 14 atom stereocenters. The highest BCUT2D eigenvalue weighted by molar-refractivity contribution is 7.15. The minimum absolute atomic E-state index is 0.0665. The van der Waals surface area contributed by atoms with Crippen molar-refractivity contribution in [3.63, 3.8) is 0 Å². The highest BCUT2D eigenvalue weighted by Crippen LogP contribution is 2.53. The molecule has 0 amide bonds. The number of aliphatic hydroxyl groups is 1. The van der Waals surface area contributed by atoms with E-state index in [4.69, 9.17) is 23.7 Å². The second-order valence-corrected chi connectivity index (χ2v) is 18.6. The average molecular weight is 841 g/mol. The molecule has 0 bridgehead atoms. The quantitative estimate of drug-likeness (QED) is 0.233. The largest absolute Gasteiger partial charge is 0.455 e. The molecule has 4 saturated heterocycles. The van der Waals surface area contributed by atoms with Crippen molar-refractivity contribution < 1.29 is 52.4 Å². The molecule has 59 heavy (non-hydrogen) atoms. The summed E-state index contributed by atoms with van der Waals surface area (Å²) in [5, 5.41) is 14.8. The van der Waals surface area contributed by atoms with Crippen LogP contribution in [0.3, 0.4) is 0 Å². The molecule has 0 aromatic carbocycles. The summed E-state index contributed by atoms with van der Waals surface area (Å²) in [5.74, 6) is 0.182. The summed E-state index contributed by atoms with van der Waals surface area (Å²) in [6, 6.07) is 4.14. The summed E-state index contributed by atoms with van der Waals surface area (Å²) >= 11 is 1.39. The van der Waals surface area contributed by atoms with E-state index in [9.17, 15) is 24.3 Å². The molecule has 6 rings (SSSR count). The minimum Gasteiger partial charge on any atom is -0.455 e. The molecule has 2 aromatic heterocycles. The third-order valence-corrected chi connectivity index (χ3v) is 13.8. The van der Waals surface area contributed by atoms with E-state index < -0.39 is 94.4 Å². The third kappa shape index (κ3) is 8.36. The Morgan fingerprint density at radius 1 is 1.07 bits per heavy atom. The van der Waals surface area contributed by atoms with Gasteiger partial charge in [0, 0.05) is 48.1 Å². The summed E-state index contributed by atoms with van der Waals surface area (Å²) in [6.45, 7) is 12.5. The standard InChI is InChI=1S/C43H57FN4O10S/c1-11-29-43(8)32-30(37(52)58-43)47-22-40(32,5)33(50)23(2)21-41(6,54-19-12-14-26-15-16-28(59-26)36-45-17-13-18-46-36)35(25(4)34(51)42(7,44)39(53)56-29)57-38-31(49)27(48(9)10)20-24(3)55-38/h13,15-18,23-25,27,29-32,35,38,47,49H,11,19-22H2,1-10H3/t23-,24-,25+,27+,29-,30-,31-,32-,35-,38+,40-,41+,42-,43-/m1/s1. The zero-order valence-electron chi connectivity index (χ0n) is 35.4. The lowest BCUT2D eigenvalue weighted by Crippen LogP contribution is -2.61. The van der Waals surface area contributed by atoms with Crippen LogP contribution in [0.15, 0.2) is 30.6 Å². The van der Waals surface area contributed by atoms with Gasteiger partial charge in [-0.2, -0.15) is 0 Å². The number of Topliss-reactive ketones (excluding diaryl/α,β-unsaturated/α-hetero) is 2. The molecule has 0 radical (unpaired) electrons. The number of nitrogens with zero attached hydrogens (tertiary/aromatic N) is 3. The van der Waals surface area contributed by atoms with Crippen LogP contribution >= 0.6 is 11.3 Å². The van der Waals surface area contributed by atoms with Gasteiger partial charge in [0.05, 0.1) is 27.6 Å². The van der Waals surface area contributed by atoms with E-state index in [0.717, 1.165) is 11.8 Å². The van der Waals surface area contributed by atoms with Crippen molar-refractivity contribution in [3.05, 3.63) is 35.5 Å². The topological polar surface area (TPSA) is 176 Å². The molecule has 322 valence electrons. The number of esters is 2. The summed E-state index contributed by atoms with van der Waals surface area (Å²) < 4.78 is 48.2. The number of cyclic esters (lactones) is 1. The first-order valence-electron chi connectivity index (χ1n) is 20.3. The van der Waals surface area contributed by atoms with Gasteiger partial charge in [0.1, 0.15) is 30.6 Å². The maximum absolute atomic E-state index is 17.0. The van der Waals surface area contributed by atoms with Crippen LogP contribution in [0, 0.1) is 35.0 Å². The average Bonchev–Trinajstić information content (AvgIpc) is 3.89. The molecule has 4 aliphatic heterocycles. The van der Waals surface area contributed by atoms with E-state index >= 15 is 4.39 Å². The number of ether oxygens (including phenoxy) is 5. The van der Waals surface area contributed by atoms with Crippen LogP contribution in [0.25, 0.3) is 10.7 Å². The Kier molecular flexibility index (Phi) is 12.9. The van der Waals surface area contributed by atoms with Crippen LogP contribution in [-0.4, -0.2) is 130 Å². The van der Waals surface area contributed by atoms with Crippen LogP contribution in [-0.2, 0) is 42.9 Å². The Bertz CT molecular complexity index is 1970. The number of carbonyl (C=O) groups excluding carboxylic acids is 4. The van der Waals surface area contributed by atoms with Crippen LogP contribution in [0.4, 0.5) is 4.39 Å². The van der Waals surface area contributed by atoms with Crippen LogP contribution in [0.1, 0.15) is 79.5 Å². The van der Waals surface area contributed by atoms with E-state index in [1.807, 2.05) is 38.1 Å². The van der Waals surface area contributed by atoms with E-state index in [1.165, 1.54) is 18.3 Å². The van der Waals surface area contributed by atoms with Crippen LogP contribution in [0.2, 0.25) is 0 Å². The maximum Gasteiger partial charge on any atom is 0.351 e. The number of hydrogen-bond donors (Lipinski definition) is 2. The summed E-state index contributed by atoms with van der Waals surface area (Å²) in [4.78, 5) is 68.7. The number of aliphatic hydroxyl groups excluding tert-OH is 1. The molecular weight excluding hydrogens is 784 g/mol. The molecule has 16 heteroatoms. The zero-order valence-corrected chi connectivity index (χ0v) is 36.3. The number of alkyl halides is 1. The van der Waals surface area contributed by atoms with E-state index in [0.29, 0.717) is 17.1 Å². The van der Waals surface area contributed by atoms with E-state index in [-0.39, 0.29) is 37.9 Å². The van der Waals surface area contributed by atoms with Gasteiger partial charge >= 0.3 is 11.9 Å². The molecule has 2 aromatic rings. The summed E-state index contributed by atoms with van der Waals surface area (Å²) in [6.07, 6.45) is -1.65. The number of ketones is 2. The normalized spacial score (nSPS) is 40.5. The second kappa shape index (κ2) is 17.0. The SMILES string of the molecule is CC[C@H]1OC(=O)[C@](C)(F)C(=O)[C@H](C)[C@@H](O[C@@H]2O[C@H](C)C[C@H](N(C)C)[C@H]2O)[C@@](C)(OCC#Cc2ccc(-c3ncccn3)s2)C[C@@H](C)C(=O)[C@]2(C)CN[C@H]3C(=O)O[C@@]1(C)[C@H]32. The molecule has 0 spiro atoms. The number of nitrogens with one attached hydrogen (secondary N) is 1. The Morgan fingerprint density at radius 2 is 1.76 bits per heavy atom. The molecular formula is C43H57FN4O10S. The van der Waals surface area contributed by atoms with Crippen molar-refractivity contribution in [2.24, 2.45) is 23.2 Å². The first kappa shape index (κ1) is 44.9. The Balaban J connectivity index is 1.43. The van der Waals surface area contributed by atoms with Crippen molar-refractivity contribution in [2.75, 3.05) is 27.2 Å². The van der Waals surface area contributed by atoms with Crippen molar-refractivity contribution in [1.29, 1.82) is 0 Å². The number of carbonyl (C=O) groups is 4. The van der Waals surface area contributed by atoms with Gasteiger partial charge in [0.2, 0.25) is 0 Å². The van der Waals surface area contributed by atoms with E-state index in [1.54, 1.807) is 53.1 Å². The van der Waals surface area contributed by atoms with Gasteiger partial charge in [0.15, 0.2) is 23.5 Å². The zero-order chi connectivity index (χ0) is 43.2. The predicted octanol–water partition coefficient (Wildman–Crippen LogP) is 3.92. The summed E-state index contributed by atoms with van der Waals surface area (Å²) in [7, 11) is 3.64. The highest BCUT2D eigenvalue weighted by atomic mass is 32.1. The Hall–Kier alpha value is -3.69. The van der Waals surface area contributed by atoms with Crippen LogP contribution in [0.5, 0.6) is 0 Å². The van der Waals surface area contributed by atoms with Gasteiger partial charge in [-0.25, -0.2) is 19.2 Å². The predicted molar refractivity (Wildman–Crippen MR) is 214 cm³/mol. The smallest absolute Gasteiger partial charge is 0.351 e. The van der Waals surface area contributed by atoms with Crippen molar-refractivity contribution >= 4 is 34.8 Å². The highest BCUT2D eigenvalue weighted by Gasteiger charge is 2.69. The molecule has 4 aliphatic rings. The molecule has 2 N–H and O–H groups in total. The fourth-order valence-corrected chi connectivity index (χ4v) is 10.7. The monoisotopic (exact) mass is 840 g/mol. The molecule has 6 heterocycles. The van der Waals surface area contributed by atoms with Gasteiger partial charge in [0.25, 0.3) is 5.67 Å². The number of thiophene rings is 1. The lowest BCUT2D eigenvalue weighted by atomic mass is 9.62. The first-order chi connectivity index (χ1) is 27.7. The van der Waals surface area contributed by atoms with Gasteiger partial charge in [-0.05, 0) is 79.3 Å². The lowest BCUT2D eigenvalue weighted by molar-refractivity contribution is -0.296. The molecule has 0 aliphatic carbocycles. The number of halogens is 1. The fraction of sp³-hybridized carbons (Fsp3) is 0.674. The number of hydrogen-bond acceptors (Lipinski definition) is 15. The molecule has 14 nitrogen and oxygen atoms in total. The van der Waals surface area contributed by atoms with Crippen molar-refractivity contribution in [3.8, 4) is 22.5 Å². The Labute approximate surface area is 349 Å². The fourth-order valence-electron chi connectivity index (χ4n) is 9.85. The number of likely N-dealkylation sites (N-methyl/N-ethyl adjacent to an activating group) is 1. The number of aromatic nitrogens is 2. The second-order valence-electron chi connectivity index (χ2n) is 17.6. The lowest BCUT2D eigenvalue weighted by Gasteiger charge is -2.48. The maximum atomic E-state index is 17.0. The van der Waals surface area contributed by atoms with Crippen molar-refractivity contribution in [1.82, 2.24) is 20.2 Å². The van der Waals surface area contributed by atoms with Gasteiger partial charge in [-0.3, -0.25) is 14.4 Å². The first-order valence-corrected chi connectivity index (χ1v) is 21.1. The minimum atomic E-state index is -3.21. The van der Waals surface area contributed by atoms with E-state index in [2.05, 4.69) is 27.1 Å². The van der Waals surface area contributed by atoms with Gasteiger partial charge in [-0.15, -0.1) is 11.3 Å². The molecule has 0 unspecified atom stereocenters.